The molecule has 0 spiro atoms. The lowest BCUT2D eigenvalue weighted by Crippen LogP contribution is -2.58. The van der Waals surface area contributed by atoms with Gasteiger partial charge in [0.15, 0.2) is 0 Å². The summed E-state index contributed by atoms with van der Waals surface area (Å²) in [4.78, 5) is 41.9. The van der Waals surface area contributed by atoms with Crippen LogP contribution in [0.2, 0.25) is 0 Å². The van der Waals surface area contributed by atoms with Gasteiger partial charge in [-0.3, -0.25) is 14.4 Å². The molecule has 3 amide bonds. The lowest BCUT2D eigenvalue weighted by molar-refractivity contribution is -0.145. The van der Waals surface area contributed by atoms with Crippen LogP contribution in [0.4, 0.5) is 14.5 Å². The number of carbonyl (C=O) groups excluding carboxylic acids is 3. The van der Waals surface area contributed by atoms with Gasteiger partial charge < -0.3 is 25.6 Å². The highest BCUT2D eigenvalue weighted by Crippen LogP contribution is 2.33. The van der Waals surface area contributed by atoms with Crippen LogP contribution in [0, 0.1) is 17.6 Å². The number of ether oxygens (including phenoxy) is 1. The van der Waals surface area contributed by atoms with Crippen LogP contribution >= 0.6 is 12.4 Å². The third-order valence-electron chi connectivity index (χ3n) is 7.15. The van der Waals surface area contributed by atoms with Crippen LogP contribution in [0.5, 0.6) is 0 Å². The van der Waals surface area contributed by atoms with E-state index in [9.17, 15) is 23.2 Å². The maximum atomic E-state index is 14.4. The van der Waals surface area contributed by atoms with E-state index in [1.807, 2.05) is 12.1 Å². The van der Waals surface area contributed by atoms with E-state index in [4.69, 9.17) is 4.74 Å². The van der Waals surface area contributed by atoms with Crippen molar-refractivity contribution in [2.75, 3.05) is 32.1 Å². The Kier molecular flexibility index (Phi) is 10.2. The summed E-state index contributed by atoms with van der Waals surface area (Å²) in [7, 11) is 1.65. The first-order valence-corrected chi connectivity index (χ1v) is 12.5. The van der Waals surface area contributed by atoms with Crippen molar-refractivity contribution in [1.82, 2.24) is 15.5 Å². The fourth-order valence-corrected chi connectivity index (χ4v) is 4.91. The maximum absolute atomic E-state index is 14.4. The number of rotatable bonds is 7. The normalized spacial score (nSPS) is 18.9. The van der Waals surface area contributed by atoms with Gasteiger partial charge in [0.2, 0.25) is 11.8 Å². The summed E-state index contributed by atoms with van der Waals surface area (Å²) in [6, 6.07) is 7.98. The molecule has 2 aliphatic rings. The molecule has 0 saturated carbocycles. The predicted octanol–water partition coefficient (Wildman–Crippen LogP) is 2.97. The second kappa shape index (κ2) is 13.1. The summed E-state index contributed by atoms with van der Waals surface area (Å²) in [6.07, 6.45) is 1.65. The summed E-state index contributed by atoms with van der Waals surface area (Å²) in [6.45, 7) is 2.83. The average molecular weight is 551 g/mol. The topological polar surface area (TPSA) is 99.8 Å². The number of hydrogen-bond donors (Lipinski definition) is 3. The Morgan fingerprint density at radius 1 is 1.03 bits per heavy atom. The molecule has 0 radical (unpaired) electrons. The lowest BCUT2D eigenvalue weighted by Gasteiger charge is -2.40. The molecule has 2 unspecified atom stereocenters. The second-order valence-corrected chi connectivity index (χ2v) is 9.42. The van der Waals surface area contributed by atoms with Crippen LogP contribution < -0.4 is 16.0 Å². The molecule has 0 aromatic heterocycles. The SMILES string of the molecule is CNC(C)C(=O)NC(C(=O)N1CCc2ccccc2[C@H]1C(=O)Nc1c(F)cccc1F)C1CCOCC1.Cl. The molecule has 11 heteroatoms. The zero-order valence-corrected chi connectivity index (χ0v) is 22.2. The van der Waals surface area contributed by atoms with Crippen molar-refractivity contribution in [2.24, 2.45) is 5.92 Å². The molecule has 8 nitrogen and oxygen atoms in total. The first kappa shape index (κ1) is 29.5. The van der Waals surface area contributed by atoms with Crippen molar-refractivity contribution >= 4 is 35.8 Å². The fraction of sp³-hybridized carbons (Fsp3) is 0.444. The lowest BCUT2D eigenvalue weighted by atomic mass is 9.87. The van der Waals surface area contributed by atoms with Crippen molar-refractivity contribution in [2.45, 2.75) is 44.3 Å². The largest absolute Gasteiger partial charge is 0.381 e. The van der Waals surface area contributed by atoms with Gasteiger partial charge in [-0.15, -0.1) is 12.4 Å². The van der Waals surface area contributed by atoms with E-state index in [0.29, 0.717) is 38.0 Å². The molecule has 2 heterocycles. The molecule has 1 fully saturated rings. The zero-order valence-electron chi connectivity index (χ0n) is 21.3. The third kappa shape index (κ3) is 6.31. The summed E-state index contributed by atoms with van der Waals surface area (Å²) in [5.74, 6) is -3.48. The first-order chi connectivity index (χ1) is 17.8. The second-order valence-electron chi connectivity index (χ2n) is 9.42. The van der Waals surface area contributed by atoms with Gasteiger partial charge in [0.1, 0.15) is 29.4 Å². The van der Waals surface area contributed by atoms with Crippen molar-refractivity contribution < 1.29 is 27.9 Å². The van der Waals surface area contributed by atoms with Gasteiger partial charge in [0.05, 0.1) is 6.04 Å². The Balaban J connectivity index is 0.00000400. The molecule has 2 aromatic carbocycles. The van der Waals surface area contributed by atoms with Gasteiger partial charge in [-0.2, -0.15) is 0 Å². The highest BCUT2D eigenvalue weighted by atomic mass is 35.5. The van der Waals surface area contributed by atoms with Crippen LogP contribution in [0.3, 0.4) is 0 Å². The van der Waals surface area contributed by atoms with Crippen molar-refractivity contribution in [1.29, 1.82) is 0 Å². The molecule has 3 atom stereocenters. The number of benzene rings is 2. The van der Waals surface area contributed by atoms with E-state index in [1.54, 1.807) is 26.1 Å². The van der Waals surface area contributed by atoms with E-state index in [1.165, 1.54) is 11.0 Å². The van der Waals surface area contributed by atoms with E-state index < -0.39 is 47.3 Å². The number of nitrogens with zero attached hydrogens (tertiary/aromatic N) is 1. The van der Waals surface area contributed by atoms with Crippen molar-refractivity contribution in [3.63, 3.8) is 0 Å². The Bertz CT molecular complexity index is 1140. The van der Waals surface area contributed by atoms with Crippen LogP contribution in [0.15, 0.2) is 42.5 Å². The number of anilines is 1. The van der Waals surface area contributed by atoms with E-state index in [0.717, 1.165) is 17.7 Å². The fourth-order valence-electron chi connectivity index (χ4n) is 4.91. The van der Waals surface area contributed by atoms with Gasteiger partial charge in [-0.25, -0.2) is 8.78 Å². The van der Waals surface area contributed by atoms with Crippen LogP contribution in [0.1, 0.15) is 36.9 Å². The molecule has 2 aliphatic heterocycles. The first-order valence-electron chi connectivity index (χ1n) is 12.5. The van der Waals surface area contributed by atoms with Crippen LogP contribution in [-0.2, 0) is 25.5 Å². The van der Waals surface area contributed by atoms with Gasteiger partial charge >= 0.3 is 0 Å². The van der Waals surface area contributed by atoms with Crippen LogP contribution in [0.25, 0.3) is 0 Å². The molecule has 2 aromatic rings. The Hall–Kier alpha value is -3.08. The number of hydrogen-bond acceptors (Lipinski definition) is 5. The monoisotopic (exact) mass is 550 g/mol. The van der Waals surface area contributed by atoms with Crippen molar-refractivity contribution in [3.8, 4) is 0 Å². The number of amides is 3. The Morgan fingerprint density at radius 2 is 1.68 bits per heavy atom. The van der Waals surface area contributed by atoms with Gasteiger partial charge in [-0.1, -0.05) is 30.3 Å². The molecule has 0 aliphatic carbocycles. The highest BCUT2D eigenvalue weighted by Gasteiger charge is 2.42. The number of halogens is 3. The Morgan fingerprint density at radius 3 is 2.34 bits per heavy atom. The van der Waals surface area contributed by atoms with E-state index >= 15 is 0 Å². The predicted molar refractivity (Wildman–Crippen MR) is 141 cm³/mol. The standard InChI is InChI=1S/C27H32F2N4O4.ClH/c1-16(30-2)25(34)31-22(18-11-14-37-15-12-18)27(36)33-13-10-17-6-3-4-7-19(17)24(33)26(35)32-23-20(28)8-5-9-21(23)29;/h3-9,16,18,22,24,30H,10-15H2,1-2H3,(H,31,34)(H,32,35);1H/t16?,22?,24-;/m0./s1. The zero-order chi connectivity index (χ0) is 26.5. The van der Waals surface area contributed by atoms with E-state index in [-0.39, 0.29) is 30.8 Å². The van der Waals surface area contributed by atoms with E-state index in [2.05, 4.69) is 16.0 Å². The number of likely N-dealkylation sites (N-methyl/N-ethyl adjacent to an activating group) is 1. The number of fused-ring (bicyclic) bond motifs is 1. The molecular formula is C27H33ClF2N4O4. The molecule has 38 heavy (non-hydrogen) atoms. The van der Waals surface area contributed by atoms with Gasteiger partial charge in [0.25, 0.3) is 5.91 Å². The third-order valence-corrected chi connectivity index (χ3v) is 7.15. The minimum atomic E-state index is -1.13. The summed E-state index contributed by atoms with van der Waals surface area (Å²) < 4.78 is 34.2. The molecular weight excluding hydrogens is 518 g/mol. The van der Waals surface area contributed by atoms with Crippen LogP contribution in [-0.4, -0.2) is 61.5 Å². The molecule has 206 valence electrons. The van der Waals surface area contributed by atoms with Gasteiger partial charge in [0, 0.05) is 19.8 Å². The molecule has 3 N–H and O–H groups in total. The number of nitrogens with one attached hydrogen (secondary N) is 3. The quantitative estimate of drug-likeness (QED) is 0.492. The highest BCUT2D eigenvalue weighted by molar-refractivity contribution is 6.00. The molecule has 1 saturated heterocycles. The van der Waals surface area contributed by atoms with Gasteiger partial charge in [-0.05, 0) is 62.4 Å². The summed E-state index contributed by atoms with van der Waals surface area (Å²) in [5.41, 5.74) is 0.883. The summed E-state index contributed by atoms with van der Waals surface area (Å²) in [5, 5.41) is 8.12. The number of para-hydroxylation sites is 1. The molecule has 4 rings (SSSR count). The summed E-state index contributed by atoms with van der Waals surface area (Å²) >= 11 is 0. The molecule has 0 bridgehead atoms. The van der Waals surface area contributed by atoms with Crippen molar-refractivity contribution in [3.05, 3.63) is 65.2 Å². The minimum absolute atomic E-state index is 0. The number of carbonyl (C=O) groups is 3. The smallest absolute Gasteiger partial charge is 0.251 e. The Labute approximate surface area is 226 Å². The minimum Gasteiger partial charge on any atom is -0.381 e. The maximum Gasteiger partial charge on any atom is 0.251 e. The average Bonchev–Trinajstić information content (AvgIpc) is 2.92.